The Morgan fingerprint density at radius 3 is 2.54 bits per heavy atom. The number of alkyl halides is 3. The molecule has 0 spiro atoms. The summed E-state index contributed by atoms with van der Waals surface area (Å²) in [5.74, 6) is -0.448. The van der Waals surface area contributed by atoms with Gasteiger partial charge in [0.25, 0.3) is 5.69 Å². The van der Waals surface area contributed by atoms with E-state index in [4.69, 9.17) is 16.3 Å². The van der Waals surface area contributed by atoms with E-state index in [9.17, 15) is 28.1 Å². The van der Waals surface area contributed by atoms with E-state index in [2.05, 4.69) is 10.1 Å². The van der Waals surface area contributed by atoms with Gasteiger partial charge in [-0.25, -0.2) is 0 Å². The Morgan fingerprint density at radius 1 is 1.25 bits per heavy atom. The molecule has 11 heteroatoms. The zero-order chi connectivity index (χ0) is 20.9. The molecule has 28 heavy (non-hydrogen) atoms. The number of anilines is 1. The molecule has 2 aromatic rings. The number of esters is 1. The number of rotatable bonds is 7. The van der Waals surface area contributed by atoms with Gasteiger partial charge in [-0.3, -0.25) is 14.9 Å². The van der Waals surface area contributed by atoms with Crippen LogP contribution in [0.25, 0.3) is 0 Å². The third kappa shape index (κ3) is 5.49. The van der Waals surface area contributed by atoms with Crippen molar-refractivity contribution in [3.63, 3.8) is 0 Å². The van der Waals surface area contributed by atoms with Crippen molar-refractivity contribution >= 4 is 28.9 Å². The molecule has 0 aromatic heterocycles. The minimum Gasteiger partial charge on any atom is -0.469 e. The fourth-order valence-electron chi connectivity index (χ4n) is 2.17. The van der Waals surface area contributed by atoms with Crippen LogP contribution in [0.15, 0.2) is 36.4 Å². The van der Waals surface area contributed by atoms with Crippen LogP contribution in [-0.2, 0) is 15.7 Å². The predicted octanol–water partition coefficient (Wildman–Crippen LogP) is 5.03. The SMILES string of the molecule is COC(=O)CCNc1cc(Oc2ccc(C(F)(F)F)cc2Cl)ccc1[N+](=O)[O-]. The van der Waals surface area contributed by atoms with Gasteiger partial charge in [-0.1, -0.05) is 11.6 Å². The molecule has 0 saturated carbocycles. The van der Waals surface area contributed by atoms with E-state index >= 15 is 0 Å². The van der Waals surface area contributed by atoms with Gasteiger partial charge < -0.3 is 14.8 Å². The molecule has 0 aliphatic carbocycles. The zero-order valence-electron chi connectivity index (χ0n) is 14.4. The highest BCUT2D eigenvalue weighted by Gasteiger charge is 2.31. The van der Waals surface area contributed by atoms with Crippen molar-refractivity contribution in [1.82, 2.24) is 0 Å². The fraction of sp³-hybridized carbons (Fsp3) is 0.235. The first-order chi connectivity index (χ1) is 13.1. The van der Waals surface area contributed by atoms with Gasteiger partial charge in [-0.2, -0.15) is 13.2 Å². The second kappa shape index (κ2) is 8.79. The van der Waals surface area contributed by atoms with E-state index in [0.29, 0.717) is 0 Å². The van der Waals surface area contributed by atoms with Gasteiger partial charge >= 0.3 is 12.1 Å². The number of methoxy groups -OCH3 is 1. The van der Waals surface area contributed by atoms with Crippen LogP contribution < -0.4 is 10.1 Å². The highest BCUT2D eigenvalue weighted by atomic mass is 35.5. The molecule has 0 amide bonds. The van der Waals surface area contributed by atoms with Gasteiger partial charge in [0, 0.05) is 18.7 Å². The lowest BCUT2D eigenvalue weighted by Crippen LogP contribution is -2.10. The van der Waals surface area contributed by atoms with Crippen molar-refractivity contribution in [1.29, 1.82) is 0 Å². The Kier molecular flexibility index (Phi) is 6.68. The molecule has 0 bridgehead atoms. The normalized spacial score (nSPS) is 11.0. The fourth-order valence-corrected chi connectivity index (χ4v) is 2.39. The number of benzene rings is 2. The molecule has 0 fully saturated rings. The summed E-state index contributed by atoms with van der Waals surface area (Å²) in [6, 6.07) is 6.30. The molecule has 0 aliphatic heterocycles. The molecule has 2 aromatic carbocycles. The van der Waals surface area contributed by atoms with Crippen LogP contribution in [0.3, 0.4) is 0 Å². The van der Waals surface area contributed by atoms with Crippen molar-refractivity contribution in [2.45, 2.75) is 12.6 Å². The van der Waals surface area contributed by atoms with E-state index in [1.54, 1.807) is 0 Å². The lowest BCUT2D eigenvalue weighted by atomic mass is 10.2. The maximum atomic E-state index is 12.7. The van der Waals surface area contributed by atoms with Gasteiger partial charge in [0.1, 0.15) is 17.2 Å². The maximum absolute atomic E-state index is 12.7. The minimum atomic E-state index is -4.55. The quantitative estimate of drug-likeness (QED) is 0.385. The highest BCUT2D eigenvalue weighted by Crippen LogP contribution is 2.37. The molecule has 1 N–H and O–H groups in total. The predicted molar refractivity (Wildman–Crippen MR) is 94.7 cm³/mol. The largest absolute Gasteiger partial charge is 0.469 e. The van der Waals surface area contributed by atoms with Crippen molar-refractivity contribution in [2.75, 3.05) is 19.0 Å². The Labute approximate surface area is 162 Å². The van der Waals surface area contributed by atoms with Crippen LogP contribution in [0.4, 0.5) is 24.5 Å². The summed E-state index contributed by atoms with van der Waals surface area (Å²) in [6.45, 7) is 0.0675. The standard InChI is InChI=1S/C17H14ClF3N2O5/c1-27-16(24)6-7-22-13-9-11(3-4-14(13)23(25)26)28-15-5-2-10(8-12(15)18)17(19,20)21/h2-5,8-9,22H,6-7H2,1H3. The van der Waals surface area contributed by atoms with Gasteiger partial charge in [0.2, 0.25) is 0 Å². The molecule has 0 unspecified atom stereocenters. The highest BCUT2D eigenvalue weighted by molar-refractivity contribution is 6.32. The number of halogens is 4. The average molecular weight is 419 g/mol. The number of nitro benzene ring substituents is 1. The molecule has 0 radical (unpaired) electrons. The molecule has 7 nitrogen and oxygen atoms in total. The molecule has 150 valence electrons. The zero-order valence-corrected chi connectivity index (χ0v) is 15.1. The Morgan fingerprint density at radius 2 is 1.96 bits per heavy atom. The molecule has 2 rings (SSSR count). The number of nitro groups is 1. The summed E-state index contributed by atoms with van der Waals surface area (Å²) in [5.41, 5.74) is -1.14. The first-order valence-corrected chi connectivity index (χ1v) is 8.13. The topological polar surface area (TPSA) is 90.7 Å². The van der Waals surface area contributed by atoms with Crippen LogP contribution >= 0.6 is 11.6 Å². The Hall–Kier alpha value is -3.01. The number of carbonyl (C=O) groups excluding carboxylic acids is 1. The Balaban J connectivity index is 2.23. The van der Waals surface area contributed by atoms with Crippen molar-refractivity contribution in [3.8, 4) is 11.5 Å². The molecule has 0 heterocycles. The lowest BCUT2D eigenvalue weighted by molar-refractivity contribution is -0.384. The van der Waals surface area contributed by atoms with E-state index in [1.807, 2.05) is 0 Å². The second-order valence-electron chi connectivity index (χ2n) is 5.43. The lowest BCUT2D eigenvalue weighted by Gasteiger charge is -2.12. The first kappa shape index (κ1) is 21.3. The van der Waals surface area contributed by atoms with Crippen LogP contribution in [0, 0.1) is 10.1 Å². The van der Waals surface area contributed by atoms with Gasteiger partial charge in [-0.05, 0) is 24.3 Å². The smallest absolute Gasteiger partial charge is 0.416 e. The van der Waals surface area contributed by atoms with Crippen molar-refractivity contribution in [2.24, 2.45) is 0 Å². The minimum absolute atomic E-state index is 0.0243. The second-order valence-corrected chi connectivity index (χ2v) is 5.84. The number of hydrogen-bond acceptors (Lipinski definition) is 6. The average Bonchev–Trinajstić information content (AvgIpc) is 2.62. The molecule has 0 aliphatic rings. The van der Waals surface area contributed by atoms with E-state index in [-0.39, 0.29) is 40.9 Å². The summed E-state index contributed by atoms with van der Waals surface area (Å²) >= 11 is 5.84. The number of nitrogens with one attached hydrogen (secondary N) is 1. The summed E-state index contributed by atoms with van der Waals surface area (Å²) < 4.78 is 48.0. The monoisotopic (exact) mass is 418 g/mol. The molecule has 0 atom stereocenters. The molecular formula is C17H14ClF3N2O5. The molecular weight excluding hydrogens is 405 g/mol. The summed E-state index contributed by atoms with van der Waals surface area (Å²) in [6.07, 6.45) is -4.57. The van der Waals surface area contributed by atoms with Crippen molar-refractivity contribution in [3.05, 3.63) is 57.1 Å². The van der Waals surface area contributed by atoms with Crippen molar-refractivity contribution < 1.29 is 32.4 Å². The number of nitrogens with zero attached hydrogens (tertiary/aromatic N) is 1. The van der Waals surface area contributed by atoms with Gasteiger partial charge in [-0.15, -0.1) is 0 Å². The van der Waals surface area contributed by atoms with E-state index in [0.717, 1.165) is 24.3 Å². The van der Waals surface area contributed by atoms with Gasteiger partial charge in [0.15, 0.2) is 0 Å². The van der Waals surface area contributed by atoms with Crippen LogP contribution in [0.2, 0.25) is 5.02 Å². The maximum Gasteiger partial charge on any atom is 0.416 e. The summed E-state index contributed by atoms with van der Waals surface area (Å²) in [5, 5.41) is 13.6. The van der Waals surface area contributed by atoms with E-state index < -0.39 is 22.6 Å². The summed E-state index contributed by atoms with van der Waals surface area (Å²) in [7, 11) is 1.22. The first-order valence-electron chi connectivity index (χ1n) is 7.75. The third-order valence-corrected chi connectivity index (χ3v) is 3.82. The number of ether oxygens (including phenoxy) is 2. The van der Waals surface area contributed by atoms with Crippen LogP contribution in [-0.4, -0.2) is 24.5 Å². The summed E-state index contributed by atoms with van der Waals surface area (Å²) in [4.78, 5) is 21.7. The van der Waals surface area contributed by atoms with Crippen LogP contribution in [0.5, 0.6) is 11.5 Å². The number of hydrogen-bond donors (Lipinski definition) is 1. The molecule has 0 saturated heterocycles. The van der Waals surface area contributed by atoms with Gasteiger partial charge in [0.05, 0.1) is 29.0 Å². The van der Waals surface area contributed by atoms with E-state index in [1.165, 1.54) is 19.2 Å². The number of carbonyl (C=O) groups is 1. The Bertz CT molecular complexity index is 890. The third-order valence-electron chi connectivity index (χ3n) is 3.52. The van der Waals surface area contributed by atoms with Crippen LogP contribution in [0.1, 0.15) is 12.0 Å².